The van der Waals surface area contributed by atoms with E-state index < -0.39 is 63.9 Å². The van der Waals surface area contributed by atoms with Gasteiger partial charge < -0.3 is 35.8 Å². The van der Waals surface area contributed by atoms with E-state index in [1.165, 1.54) is 53.1 Å². The number of benzene rings is 4. The van der Waals surface area contributed by atoms with Crippen molar-refractivity contribution in [3.63, 3.8) is 0 Å². The van der Waals surface area contributed by atoms with Gasteiger partial charge in [-0.15, -0.1) is 0 Å². The molecular formula is C49H50F6I2N4O7. The van der Waals surface area contributed by atoms with Crippen LogP contribution >= 0.6 is 45.2 Å². The number of aliphatic carboxylic acids is 1. The van der Waals surface area contributed by atoms with E-state index in [1.54, 1.807) is 12.1 Å². The second-order valence-electron chi connectivity index (χ2n) is 17.4. The van der Waals surface area contributed by atoms with Gasteiger partial charge in [0.1, 0.15) is 22.8 Å². The summed E-state index contributed by atoms with van der Waals surface area (Å²) in [4.78, 5) is 48.6. The number of amides is 2. The van der Waals surface area contributed by atoms with Crippen LogP contribution in [0.3, 0.4) is 0 Å². The number of hydrogen-bond acceptors (Lipinski definition) is 8. The van der Waals surface area contributed by atoms with Crippen LogP contribution in [0.25, 0.3) is 0 Å². The molecule has 4 aliphatic heterocycles. The molecule has 4 aromatic carbocycles. The zero-order valence-electron chi connectivity index (χ0n) is 36.9. The maximum absolute atomic E-state index is 14.6. The Morgan fingerprint density at radius 3 is 1.32 bits per heavy atom. The van der Waals surface area contributed by atoms with Crippen molar-refractivity contribution in [2.75, 3.05) is 39.3 Å². The molecule has 4 aliphatic rings. The summed E-state index contributed by atoms with van der Waals surface area (Å²) >= 11 is 3.92. The van der Waals surface area contributed by atoms with Gasteiger partial charge in [-0.2, -0.15) is 0 Å². The molecule has 19 heteroatoms. The molecule has 68 heavy (non-hydrogen) atoms. The van der Waals surface area contributed by atoms with Crippen LogP contribution in [0.1, 0.15) is 88.4 Å². The summed E-state index contributed by atoms with van der Waals surface area (Å²) in [6, 6.07) is 13.1. The Morgan fingerprint density at radius 1 is 0.618 bits per heavy atom. The summed E-state index contributed by atoms with van der Waals surface area (Å²) in [6.45, 7) is 3.45. The summed E-state index contributed by atoms with van der Waals surface area (Å²) < 4.78 is 87.0. The maximum Gasteiger partial charge on any atom is 0.328 e. The van der Waals surface area contributed by atoms with Crippen molar-refractivity contribution in [2.45, 2.75) is 81.6 Å². The zero-order chi connectivity index (χ0) is 49.5. The lowest BCUT2D eigenvalue weighted by Crippen LogP contribution is -2.72. The van der Waals surface area contributed by atoms with E-state index in [4.69, 9.17) is 5.11 Å². The van der Waals surface area contributed by atoms with Crippen molar-refractivity contribution in [3.05, 3.63) is 148 Å². The van der Waals surface area contributed by atoms with Gasteiger partial charge in [0.2, 0.25) is 0 Å². The number of rotatable bonds is 10. The predicted molar refractivity (Wildman–Crippen MR) is 257 cm³/mol. The van der Waals surface area contributed by atoms with Gasteiger partial charge in [-0.1, -0.05) is 25.0 Å². The fourth-order valence-corrected chi connectivity index (χ4v) is 9.66. The molecule has 2 atom stereocenters. The fraction of sp³-hybridized carbons (Fsp3) is 0.388. The Hall–Kier alpha value is -4.42. The number of halogens is 8. The Bertz CT molecular complexity index is 2390. The minimum Gasteiger partial charge on any atom is -0.478 e. The maximum atomic E-state index is 14.6. The third kappa shape index (κ3) is 12.9. The largest absolute Gasteiger partial charge is 0.478 e. The van der Waals surface area contributed by atoms with Crippen LogP contribution in [0, 0.1) is 42.0 Å². The third-order valence-corrected chi connectivity index (χ3v) is 13.8. The van der Waals surface area contributed by atoms with Crippen molar-refractivity contribution in [1.29, 1.82) is 0 Å². The number of hydrogen-bond donors (Lipinski definition) is 5. The number of nitrogens with zero attached hydrogens (tertiary/aromatic N) is 2. The molecule has 0 unspecified atom stereocenters. The summed E-state index contributed by atoms with van der Waals surface area (Å²) in [5.41, 5.74) is -2.04. The number of ketones is 1. The number of allylic oxidation sites excluding steroid dienone is 1. The molecule has 0 spiro atoms. The molecule has 0 aromatic heterocycles. The fourth-order valence-electron chi connectivity index (χ4n) is 8.75. The molecule has 5 N–H and O–H groups in total. The van der Waals surface area contributed by atoms with Crippen LogP contribution in [-0.2, 0) is 22.4 Å². The van der Waals surface area contributed by atoms with E-state index >= 15 is 0 Å². The van der Waals surface area contributed by atoms with Gasteiger partial charge in [0.05, 0.1) is 26.2 Å². The number of β-amino-alcohol motifs (C(OH)–C–C–N with tert-alkyl or cyclic N) is 2. The summed E-state index contributed by atoms with van der Waals surface area (Å²) in [5.74, 6) is -7.88. The number of likely N-dealkylation sites (tertiary alicyclic amines) is 2. The zero-order valence-corrected chi connectivity index (χ0v) is 41.2. The van der Waals surface area contributed by atoms with Crippen molar-refractivity contribution >= 4 is 68.7 Å². The monoisotopic (exact) mass is 1170 g/mol. The first-order chi connectivity index (χ1) is 32.2. The van der Waals surface area contributed by atoms with Crippen molar-refractivity contribution in [3.8, 4) is 0 Å². The molecule has 11 nitrogen and oxygen atoms in total. The average Bonchev–Trinajstić information content (AvgIpc) is 3.29. The molecule has 4 heterocycles. The summed E-state index contributed by atoms with van der Waals surface area (Å²) in [6.07, 6.45) is 7.15. The number of piperidine rings is 2. The Balaban J connectivity index is 0.000000193. The van der Waals surface area contributed by atoms with Gasteiger partial charge in [-0.05, 0) is 157 Å². The van der Waals surface area contributed by atoms with Crippen molar-refractivity contribution in [2.24, 2.45) is 0 Å². The number of carbonyl (C=O) groups is 4. The van der Waals surface area contributed by atoms with Crippen LogP contribution in [-0.4, -0.2) is 111 Å². The van der Waals surface area contributed by atoms with E-state index in [0.717, 1.165) is 75.9 Å². The minimum absolute atomic E-state index is 0.00879. The van der Waals surface area contributed by atoms with Crippen LogP contribution in [0.2, 0.25) is 0 Å². The molecule has 4 aromatic rings. The van der Waals surface area contributed by atoms with Gasteiger partial charge in [0.15, 0.2) is 29.1 Å². The lowest BCUT2D eigenvalue weighted by Gasteiger charge is -2.51. The Kier molecular flexibility index (Phi) is 17.9. The molecular weight excluding hydrogens is 1120 g/mol. The third-order valence-electron chi connectivity index (χ3n) is 12.4. The molecule has 364 valence electrons. The van der Waals surface area contributed by atoms with E-state index in [1.807, 2.05) is 45.2 Å². The molecule has 0 saturated carbocycles. The summed E-state index contributed by atoms with van der Waals surface area (Å²) in [7, 11) is 0. The van der Waals surface area contributed by atoms with E-state index in [9.17, 15) is 55.7 Å². The normalized spacial score (nSPS) is 19.4. The number of nitrogens with one attached hydrogen (secondary N) is 2. The van der Waals surface area contributed by atoms with Gasteiger partial charge in [-0.3, -0.25) is 14.4 Å². The van der Waals surface area contributed by atoms with Crippen molar-refractivity contribution < 1.29 is 60.8 Å². The molecule has 4 fully saturated rings. The summed E-state index contributed by atoms with van der Waals surface area (Å²) in [5, 5.41) is 36.2. The highest BCUT2D eigenvalue weighted by atomic mass is 127. The minimum atomic E-state index is -1.15. The SMILES string of the molecule is CC(=O)/C=C/C(=O)O.O=C(c1ccc(F)c(F)c1Cc1ccc(I)cc1F)N1CC(O)([C@@H]2CCCCN2)C1.O=C(c1ccc(F)c(F)c1Cc1ccc(I)cc1F)N1CC(O)([C@@H]2CCCCN2)C1. The molecule has 2 amide bonds. The predicted octanol–water partition coefficient (Wildman–Crippen LogP) is 7.47. The second kappa shape index (κ2) is 23.0. The van der Waals surface area contributed by atoms with Crippen molar-refractivity contribution in [1.82, 2.24) is 20.4 Å². The van der Waals surface area contributed by atoms with Gasteiger partial charge in [-0.25, -0.2) is 31.1 Å². The molecule has 0 bridgehead atoms. The lowest BCUT2D eigenvalue weighted by molar-refractivity contribution is -0.131. The molecule has 0 aliphatic carbocycles. The van der Waals surface area contributed by atoms with Crippen LogP contribution in [0.15, 0.2) is 72.8 Å². The van der Waals surface area contributed by atoms with Gasteiger partial charge >= 0.3 is 5.97 Å². The van der Waals surface area contributed by atoms with Crippen LogP contribution in [0.4, 0.5) is 26.3 Å². The number of aliphatic hydroxyl groups is 2. The van der Waals surface area contributed by atoms with E-state index in [0.29, 0.717) is 7.14 Å². The number of carboxylic acid groups (broad SMARTS) is 1. The van der Waals surface area contributed by atoms with E-state index in [-0.39, 0.29) is 90.3 Å². The first-order valence-corrected chi connectivity index (χ1v) is 24.1. The van der Waals surface area contributed by atoms with Gasteiger partial charge in [0, 0.05) is 60.4 Å². The Morgan fingerprint density at radius 2 is 1.01 bits per heavy atom. The Labute approximate surface area is 416 Å². The highest BCUT2D eigenvalue weighted by Gasteiger charge is 2.51. The first-order valence-electron chi connectivity index (χ1n) is 21.9. The first kappa shape index (κ1) is 52.9. The molecule has 8 rings (SSSR count). The number of carbonyl (C=O) groups excluding carboxylic acids is 3. The highest BCUT2D eigenvalue weighted by Crippen LogP contribution is 2.34. The smallest absolute Gasteiger partial charge is 0.328 e. The average molecular weight is 1170 g/mol. The van der Waals surface area contributed by atoms with Crippen LogP contribution in [0.5, 0.6) is 0 Å². The topological polar surface area (TPSA) is 160 Å². The number of carboxylic acids is 1. The molecule has 4 saturated heterocycles. The standard InChI is InChI=1S/2C22H22F3IN2O2.C5H6O3/c2*23-17-7-6-15(16(20(17)25)9-13-4-5-14(26)10-18(13)24)21(29)28-11-22(30,12-28)19-3-1-2-8-27-19;1-4(6)2-3-5(7)8/h2*4-7,10,19,27,30H,1-3,8-9,11-12H2;2-3H,1H3,(H,7,8)/b;;3-2+/t2*19-;/m00./s1. The molecule has 0 radical (unpaired) electrons. The van der Waals surface area contributed by atoms with Crippen LogP contribution < -0.4 is 10.6 Å². The van der Waals surface area contributed by atoms with E-state index in [2.05, 4.69) is 10.6 Å². The quantitative estimate of drug-likeness (QED) is 0.0617. The highest BCUT2D eigenvalue weighted by molar-refractivity contribution is 14.1. The second-order valence-corrected chi connectivity index (χ2v) is 19.9. The lowest BCUT2D eigenvalue weighted by atomic mass is 9.81. The van der Waals surface area contributed by atoms with Gasteiger partial charge in [0.25, 0.3) is 11.8 Å².